The Morgan fingerprint density at radius 3 is 2.31 bits per heavy atom. The summed E-state index contributed by atoms with van der Waals surface area (Å²) < 4.78 is 7.56. The van der Waals surface area contributed by atoms with Crippen molar-refractivity contribution >= 4 is 33.6 Å². The van der Waals surface area contributed by atoms with Crippen LogP contribution in [-0.2, 0) is 0 Å². The van der Waals surface area contributed by atoms with Crippen LogP contribution in [0.1, 0.15) is 22.1 Å². The predicted molar refractivity (Wildman–Crippen MR) is 125 cm³/mol. The largest absolute Gasteiger partial charge is 0.457 e. The number of rotatable bonds is 4. The second-order valence-electron chi connectivity index (χ2n) is 6.96. The summed E-state index contributed by atoms with van der Waals surface area (Å²) in [6, 6.07) is 23.0. The Balaban J connectivity index is 1.57. The molecule has 29 heavy (non-hydrogen) atoms. The van der Waals surface area contributed by atoms with Gasteiger partial charge in [0.1, 0.15) is 11.5 Å². The molecule has 0 unspecified atom stereocenters. The number of hydrogen-bond acceptors (Lipinski definition) is 2. The summed E-state index contributed by atoms with van der Waals surface area (Å²) in [7, 11) is 0. The lowest BCUT2D eigenvalue weighted by atomic mass is 9.99. The Hall–Kier alpha value is -3.36. The monoisotopic (exact) mass is 392 g/mol. The summed E-state index contributed by atoms with van der Waals surface area (Å²) in [4.78, 5) is 1.32. The fourth-order valence-electron chi connectivity index (χ4n) is 3.61. The van der Waals surface area contributed by atoms with Gasteiger partial charge in [0.05, 0.1) is 0 Å². The number of hydrogen-bond donors (Lipinski definition) is 0. The standard InChI is InChI=1S/C27H20OS/c1-2-7-13-21(12-6-1)27-26(23-14-8-9-15-25(23)29-27)24-19-18-22(28-24)17-16-20-10-4-3-5-11-20/h1-19,21H/b17-16+. The van der Waals surface area contributed by atoms with Gasteiger partial charge in [0, 0.05) is 26.4 Å². The number of furan rings is 1. The first-order valence-corrected chi connectivity index (χ1v) is 10.6. The summed E-state index contributed by atoms with van der Waals surface area (Å²) in [5.74, 6) is 2.02. The molecule has 5 rings (SSSR count). The third-order valence-corrected chi connectivity index (χ3v) is 6.28. The quantitative estimate of drug-likeness (QED) is 0.342. The molecule has 1 nitrogen and oxygen atoms in total. The van der Waals surface area contributed by atoms with E-state index >= 15 is 0 Å². The maximum absolute atomic E-state index is 6.28. The molecule has 0 N–H and O–H groups in total. The van der Waals surface area contributed by atoms with Gasteiger partial charge in [-0.15, -0.1) is 11.3 Å². The van der Waals surface area contributed by atoms with Crippen LogP contribution in [0.2, 0.25) is 0 Å². The third-order valence-electron chi connectivity index (χ3n) is 5.01. The van der Waals surface area contributed by atoms with E-state index in [1.807, 2.05) is 41.7 Å². The molecule has 0 fully saturated rings. The number of thiophene rings is 1. The van der Waals surface area contributed by atoms with E-state index in [1.54, 1.807) is 0 Å². The molecule has 0 saturated carbocycles. The highest BCUT2D eigenvalue weighted by Crippen LogP contribution is 2.44. The molecule has 0 spiro atoms. The van der Waals surface area contributed by atoms with E-state index in [0.717, 1.165) is 17.1 Å². The molecule has 4 aromatic rings. The molecule has 2 aromatic carbocycles. The average molecular weight is 393 g/mol. The van der Waals surface area contributed by atoms with Crippen molar-refractivity contribution in [3.8, 4) is 11.3 Å². The molecule has 1 aliphatic rings. The summed E-state index contributed by atoms with van der Waals surface area (Å²) >= 11 is 1.85. The fraction of sp³-hybridized carbons (Fsp3) is 0.0370. The number of benzene rings is 2. The summed E-state index contributed by atoms with van der Waals surface area (Å²) in [6.07, 6.45) is 17.0. The van der Waals surface area contributed by atoms with Crippen LogP contribution in [0, 0.1) is 0 Å². The molecule has 0 atom stereocenters. The Morgan fingerprint density at radius 2 is 1.48 bits per heavy atom. The molecule has 140 valence electrons. The Labute approximate surface area is 174 Å². The molecule has 0 radical (unpaired) electrons. The molecule has 0 bridgehead atoms. The normalized spacial score (nSPS) is 14.2. The molecule has 0 amide bonds. The molecule has 2 heterocycles. The van der Waals surface area contributed by atoms with Crippen LogP contribution >= 0.6 is 11.3 Å². The zero-order chi connectivity index (χ0) is 19.5. The van der Waals surface area contributed by atoms with Gasteiger partial charge in [-0.1, -0.05) is 91.1 Å². The molecule has 2 aromatic heterocycles. The van der Waals surface area contributed by atoms with Gasteiger partial charge in [-0.2, -0.15) is 0 Å². The van der Waals surface area contributed by atoms with Crippen molar-refractivity contribution in [3.63, 3.8) is 0 Å². The lowest BCUT2D eigenvalue weighted by Gasteiger charge is -2.08. The minimum Gasteiger partial charge on any atom is -0.457 e. The van der Waals surface area contributed by atoms with E-state index in [0.29, 0.717) is 0 Å². The molecular formula is C27H20OS. The lowest BCUT2D eigenvalue weighted by Crippen LogP contribution is -1.89. The highest BCUT2D eigenvalue weighted by atomic mass is 32.1. The van der Waals surface area contributed by atoms with Crippen molar-refractivity contribution < 1.29 is 4.42 Å². The van der Waals surface area contributed by atoms with Crippen molar-refractivity contribution in [2.75, 3.05) is 0 Å². The van der Waals surface area contributed by atoms with E-state index < -0.39 is 0 Å². The minimum atomic E-state index is 0.241. The van der Waals surface area contributed by atoms with E-state index in [-0.39, 0.29) is 5.92 Å². The fourth-order valence-corrected chi connectivity index (χ4v) is 4.88. The van der Waals surface area contributed by atoms with Gasteiger partial charge in [-0.25, -0.2) is 0 Å². The van der Waals surface area contributed by atoms with Gasteiger partial charge in [0.15, 0.2) is 0 Å². The summed E-state index contributed by atoms with van der Waals surface area (Å²) in [6.45, 7) is 0. The molecular weight excluding hydrogens is 372 g/mol. The van der Waals surface area contributed by atoms with E-state index in [1.165, 1.54) is 20.5 Å². The minimum absolute atomic E-state index is 0.241. The maximum atomic E-state index is 6.28. The molecule has 0 aliphatic heterocycles. The lowest BCUT2D eigenvalue weighted by molar-refractivity contribution is 0.572. The first-order valence-electron chi connectivity index (χ1n) is 9.75. The van der Waals surface area contributed by atoms with Gasteiger partial charge in [0.25, 0.3) is 0 Å². The van der Waals surface area contributed by atoms with Crippen LogP contribution in [0.3, 0.4) is 0 Å². The second-order valence-corrected chi connectivity index (χ2v) is 8.05. The van der Waals surface area contributed by atoms with Gasteiger partial charge in [-0.3, -0.25) is 0 Å². The smallest absolute Gasteiger partial charge is 0.136 e. The number of fused-ring (bicyclic) bond motifs is 1. The van der Waals surface area contributed by atoms with Crippen LogP contribution in [0.5, 0.6) is 0 Å². The maximum Gasteiger partial charge on any atom is 0.136 e. The van der Waals surface area contributed by atoms with Gasteiger partial charge >= 0.3 is 0 Å². The van der Waals surface area contributed by atoms with Gasteiger partial charge < -0.3 is 4.42 Å². The van der Waals surface area contributed by atoms with Crippen molar-refractivity contribution in [2.45, 2.75) is 5.92 Å². The van der Waals surface area contributed by atoms with Crippen LogP contribution in [0.25, 0.3) is 33.6 Å². The third kappa shape index (κ3) is 3.67. The summed E-state index contributed by atoms with van der Waals surface area (Å²) in [5, 5.41) is 1.25. The van der Waals surface area contributed by atoms with Crippen LogP contribution in [0.15, 0.2) is 108 Å². The van der Waals surface area contributed by atoms with Gasteiger partial charge in [0.2, 0.25) is 0 Å². The van der Waals surface area contributed by atoms with Crippen molar-refractivity contribution in [1.82, 2.24) is 0 Å². The molecule has 2 heteroatoms. The Bertz CT molecular complexity index is 1230. The van der Waals surface area contributed by atoms with Crippen molar-refractivity contribution in [3.05, 3.63) is 119 Å². The van der Waals surface area contributed by atoms with E-state index in [9.17, 15) is 0 Å². The average Bonchev–Trinajstić information content (AvgIpc) is 3.28. The first kappa shape index (κ1) is 17.7. The van der Waals surface area contributed by atoms with Gasteiger partial charge in [-0.05, 0) is 29.8 Å². The Kier molecular flexibility index (Phi) is 4.85. The second kappa shape index (κ2) is 7.94. The predicted octanol–water partition coefficient (Wildman–Crippen LogP) is 8.10. The first-order chi connectivity index (χ1) is 14.4. The Morgan fingerprint density at radius 1 is 0.724 bits per heavy atom. The molecule has 1 aliphatic carbocycles. The van der Waals surface area contributed by atoms with E-state index in [4.69, 9.17) is 4.42 Å². The zero-order valence-corrected chi connectivity index (χ0v) is 16.7. The SMILES string of the molecule is C1=CC=CC(c2sc3ccccc3c2-c2ccc(/C=C/c3ccccc3)o2)C=C1. The van der Waals surface area contributed by atoms with Crippen molar-refractivity contribution in [2.24, 2.45) is 0 Å². The highest BCUT2D eigenvalue weighted by molar-refractivity contribution is 7.19. The van der Waals surface area contributed by atoms with E-state index in [2.05, 4.69) is 85.0 Å². The van der Waals surface area contributed by atoms with Crippen molar-refractivity contribution in [1.29, 1.82) is 0 Å². The topological polar surface area (TPSA) is 13.1 Å². The zero-order valence-electron chi connectivity index (χ0n) is 15.9. The molecule has 0 saturated heterocycles. The summed E-state index contributed by atoms with van der Waals surface area (Å²) in [5.41, 5.74) is 2.36. The van der Waals surface area contributed by atoms with Crippen LogP contribution in [0.4, 0.5) is 0 Å². The number of allylic oxidation sites excluding steroid dienone is 6. The highest BCUT2D eigenvalue weighted by Gasteiger charge is 2.20. The van der Waals surface area contributed by atoms with Crippen LogP contribution in [-0.4, -0.2) is 0 Å². The van der Waals surface area contributed by atoms with Crippen LogP contribution < -0.4 is 0 Å².